The third-order valence-corrected chi connectivity index (χ3v) is 3.98. The van der Waals surface area contributed by atoms with Crippen LogP contribution in [0.1, 0.15) is 0 Å². The van der Waals surface area contributed by atoms with Crippen LogP contribution in [0.3, 0.4) is 0 Å². The summed E-state index contributed by atoms with van der Waals surface area (Å²) >= 11 is 0. The molecule has 6 nitrogen and oxygen atoms in total. The number of hydrogen-bond donors (Lipinski definition) is 0. The quantitative estimate of drug-likeness (QED) is 0.572. The van der Waals surface area contributed by atoms with Crippen LogP contribution in [0, 0.1) is 0 Å². The number of para-hydroxylation sites is 1. The summed E-state index contributed by atoms with van der Waals surface area (Å²) in [6.07, 6.45) is 0. The zero-order valence-electron chi connectivity index (χ0n) is 13.9. The van der Waals surface area contributed by atoms with Gasteiger partial charge in [-0.1, -0.05) is 24.3 Å². The van der Waals surface area contributed by atoms with Gasteiger partial charge in [0.2, 0.25) is 0 Å². The van der Waals surface area contributed by atoms with Crippen LogP contribution < -0.4 is 9.47 Å². The molecule has 2 aromatic carbocycles. The van der Waals surface area contributed by atoms with Gasteiger partial charge in [-0.25, -0.2) is 0 Å². The summed E-state index contributed by atoms with van der Waals surface area (Å²) in [5.41, 5.74) is 3.28. The topological polar surface area (TPSA) is 61.5 Å². The number of nitrogens with zero attached hydrogens (tertiary/aromatic N) is 4. The first-order chi connectivity index (χ1) is 12.3. The molecular weight excluding hydrogens is 316 g/mol. The van der Waals surface area contributed by atoms with E-state index >= 15 is 0 Å². The van der Waals surface area contributed by atoms with E-state index in [0.29, 0.717) is 11.5 Å². The van der Waals surface area contributed by atoms with Gasteiger partial charge in [0.05, 0.1) is 25.5 Å². The van der Waals surface area contributed by atoms with Crippen molar-refractivity contribution in [2.45, 2.75) is 0 Å². The van der Waals surface area contributed by atoms with Gasteiger partial charge in [-0.2, -0.15) is 9.61 Å². The average molecular weight is 332 g/mol. The third-order valence-electron chi connectivity index (χ3n) is 3.98. The predicted molar refractivity (Wildman–Crippen MR) is 94.8 cm³/mol. The van der Waals surface area contributed by atoms with E-state index in [1.54, 1.807) is 18.7 Å². The summed E-state index contributed by atoms with van der Waals surface area (Å²) in [7, 11) is 3.28. The molecule has 0 aliphatic rings. The lowest BCUT2D eigenvalue weighted by Crippen LogP contribution is -1.98. The molecule has 25 heavy (non-hydrogen) atoms. The van der Waals surface area contributed by atoms with Gasteiger partial charge in [-0.05, 0) is 36.4 Å². The van der Waals surface area contributed by atoms with Crippen LogP contribution in [-0.4, -0.2) is 34.0 Å². The lowest BCUT2D eigenvalue weighted by atomic mass is 10.1. The van der Waals surface area contributed by atoms with Crippen LogP contribution >= 0.6 is 0 Å². The number of fused-ring (bicyclic) bond motifs is 1. The van der Waals surface area contributed by atoms with Gasteiger partial charge in [0.15, 0.2) is 11.5 Å². The molecule has 0 bridgehead atoms. The minimum absolute atomic E-state index is 0.636. The Morgan fingerprint density at radius 3 is 2.56 bits per heavy atom. The maximum Gasteiger partial charge on any atom is 0.189 e. The highest BCUT2D eigenvalue weighted by atomic mass is 16.5. The van der Waals surface area contributed by atoms with Crippen LogP contribution in [0.15, 0.2) is 60.7 Å². The molecule has 0 aliphatic heterocycles. The Labute approximate surface area is 144 Å². The van der Waals surface area contributed by atoms with Crippen LogP contribution in [0.25, 0.3) is 28.3 Å². The molecule has 0 spiro atoms. The van der Waals surface area contributed by atoms with Gasteiger partial charge < -0.3 is 9.47 Å². The van der Waals surface area contributed by atoms with E-state index in [1.165, 1.54) is 0 Å². The van der Waals surface area contributed by atoms with Gasteiger partial charge in [-0.3, -0.25) is 0 Å². The van der Waals surface area contributed by atoms with E-state index in [-0.39, 0.29) is 0 Å². The van der Waals surface area contributed by atoms with E-state index in [9.17, 15) is 0 Å². The summed E-state index contributed by atoms with van der Waals surface area (Å²) in [6.45, 7) is 0. The Hall–Kier alpha value is -3.41. The maximum absolute atomic E-state index is 5.44. The number of aromatic nitrogens is 4. The third kappa shape index (κ3) is 2.67. The summed E-state index contributed by atoms with van der Waals surface area (Å²) < 4.78 is 12.5. The average Bonchev–Trinajstić information content (AvgIpc) is 3.11. The van der Waals surface area contributed by atoms with Crippen LogP contribution in [-0.2, 0) is 0 Å². The lowest BCUT2D eigenvalue weighted by Gasteiger charge is -2.07. The van der Waals surface area contributed by atoms with Crippen molar-refractivity contribution in [1.82, 2.24) is 19.8 Å². The van der Waals surface area contributed by atoms with Crippen molar-refractivity contribution in [2.75, 3.05) is 14.2 Å². The second-order valence-corrected chi connectivity index (χ2v) is 5.44. The van der Waals surface area contributed by atoms with Crippen molar-refractivity contribution in [1.29, 1.82) is 0 Å². The fourth-order valence-electron chi connectivity index (χ4n) is 2.72. The second-order valence-electron chi connectivity index (χ2n) is 5.44. The molecule has 0 radical (unpaired) electrons. The molecule has 2 heterocycles. The standard InChI is InChI=1S/C19H16N4O2/c1-24-14-7-5-6-13(12-14)16-10-11-18-20-21-19(23(18)22-16)15-8-3-4-9-17(15)25-2/h3-12H,1-2H3. The zero-order valence-corrected chi connectivity index (χ0v) is 13.9. The maximum atomic E-state index is 5.44. The van der Waals surface area contributed by atoms with Crippen molar-refractivity contribution >= 4 is 5.65 Å². The summed E-state index contributed by atoms with van der Waals surface area (Å²) in [5.74, 6) is 2.15. The monoisotopic (exact) mass is 332 g/mol. The number of benzene rings is 2. The first kappa shape index (κ1) is 15.1. The minimum atomic E-state index is 0.636. The minimum Gasteiger partial charge on any atom is -0.497 e. The fraction of sp³-hybridized carbons (Fsp3) is 0.105. The van der Waals surface area contributed by atoms with Gasteiger partial charge >= 0.3 is 0 Å². The summed E-state index contributed by atoms with van der Waals surface area (Å²) in [6, 6.07) is 19.3. The molecule has 0 saturated heterocycles. The Morgan fingerprint density at radius 1 is 0.840 bits per heavy atom. The summed E-state index contributed by atoms with van der Waals surface area (Å²) in [5, 5.41) is 13.2. The molecule has 4 aromatic rings. The number of hydrogen-bond acceptors (Lipinski definition) is 5. The van der Waals surface area contributed by atoms with E-state index in [1.807, 2.05) is 60.7 Å². The van der Waals surface area contributed by atoms with Crippen molar-refractivity contribution in [3.8, 4) is 34.1 Å². The van der Waals surface area contributed by atoms with Gasteiger partial charge in [-0.15, -0.1) is 10.2 Å². The van der Waals surface area contributed by atoms with Gasteiger partial charge in [0.25, 0.3) is 0 Å². The Kier molecular flexibility index (Phi) is 3.78. The molecule has 0 atom stereocenters. The molecule has 4 rings (SSSR count). The van der Waals surface area contributed by atoms with Crippen molar-refractivity contribution in [3.63, 3.8) is 0 Å². The predicted octanol–water partition coefficient (Wildman–Crippen LogP) is 3.48. The smallest absolute Gasteiger partial charge is 0.189 e. The molecule has 0 N–H and O–H groups in total. The number of methoxy groups -OCH3 is 2. The van der Waals surface area contributed by atoms with Crippen molar-refractivity contribution < 1.29 is 9.47 Å². The Balaban J connectivity index is 1.88. The first-order valence-corrected chi connectivity index (χ1v) is 7.80. The Bertz CT molecular complexity index is 1040. The first-order valence-electron chi connectivity index (χ1n) is 7.80. The van der Waals surface area contributed by atoms with Crippen LogP contribution in [0.2, 0.25) is 0 Å². The molecular formula is C19H16N4O2. The molecule has 0 fully saturated rings. The molecule has 0 saturated carbocycles. The normalized spacial score (nSPS) is 10.8. The molecule has 6 heteroatoms. The largest absolute Gasteiger partial charge is 0.497 e. The highest BCUT2D eigenvalue weighted by molar-refractivity contribution is 5.68. The van der Waals surface area contributed by atoms with Gasteiger partial charge in [0.1, 0.15) is 11.5 Å². The Morgan fingerprint density at radius 2 is 1.72 bits per heavy atom. The second kappa shape index (κ2) is 6.24. The SMILES string of the molecule is COc1cccc(-c2ccc3nnc(-c4ccccc4OC)n3n2)c1. The van der Waals surface area contributed by atoms with E-state index < -0.39 is 0 Å². The van der Waals surface area contributed by atoms with Crippen molar-refractivity contribution in [2.24, 2.45) is 0 Å². The molecule has 124 valence electrons. The zero-order chi connectivity index (χ0) is 17.2. The van der Waals surface area contributed by atoms with E-state index in [0.717, 1.165) is 28.3 Å². The molecule has 0 aliphatic carbocycles. The molecule has 2 aromatic heterocycles. The number of ether oxygens (including phenoxy) is 2. The fourth-order valence-corrected chi connectivity index (χ4v) is 2.72. The van der Waals surface area contributed by atoms with Gasteiger partial charge in [0, 0.05) is 5.56 Å². The number of rotatable bonds is 4. The lowest BCUT2D eigenvalue weighted by molar-refractivity contribution is 0.415. The van der Waals surface area contributed by atoms with E-state index in [4.69, 9.17) is 14.6 Å². The highest BCUT2D eigenvalue weighted by Crippen LogP contribution is 2.29. The van der Waals surface area contributed by atoms with Crippen LogP contribution in [0.4, 0.5) is 0 Å². The highest BCUT2D eigenvalue weighted by Gasteiger charge is 2.14. The van der Waals surface area contributed by atoms with E-state index in [2.05, 4.69) is 10.2 Å². The van der Waals surface area contributed by atoms with Crippen LogP contribution in [0.5, 0.6) is 11.5 Å². The van der Waals surface area contributed by atoms with Crippen molar-refractivity contribution in [3.05, 3.63) is 60.7 Å². The molecule has 0 amide bonds. The summed E-state index contributed by atoms with van der Waals surface area (Å²) in [4.78, 5) is 0. The molecule has 0 unspecified atom stereocenters.